The van der Waals surface area contributed by atoms with Gasteiger partial charge in [0.1, 0.15) is 11.6 Å². The first kappa shape index (κ1) is 15.9. The zero-order valence-electron chi connectivity index (χ0n) is 12.3. The van der Waals surface area contributed by atoms with Gasteiger partial charge < -0.3 is 5.32 Å². The zero-order chi connectivity index (χ0) is 15.6. The molecule has 21 heavy (non-hydrogen) atoms. The molecule has 2 unspecified atom stereocenters. The molecule has 0 amide bonds. The standard InChI is InChI=1S/C17H18ClF2N/c1-10-8-17(20)14(9-16(10)19)12(3)21-11(2)13-6-4-5-7-15(13)18/h4-9,11-12,21H,1-3H3. The minimum Gasteiger partial charge on any atom is -0.303 e. The quantitative estimate of drug-likeness (QED) is 0.804. The summed E-state index contributed by atoms with van der Waals surface area (Å²) in [5.74, 6) is -0.800. The highest BCUT2D eigenvalue weighted by Crippen LogP contribution is 2.27. The van der Waals surface area contributed by atoms with E-state index in [4.69, 9.17) is 11.6 Å². The minimum atomic E-state index is -0.403. The van der Waals surface area contributed by atoms with Gasteiger partial charge >= 0.3 is 0 Å². The highest BCUT2D eigenvalue weighted by atomic mass is 35.5. The van der Waals surface area contributed by atoms with Gasteiger partial charge in [0.15, 0.2) is 0 Å². The fourth-order valence-corrected chi connectivity index (χ4v) is 2.67. The Morgan fingerprint density at radius 2 is 1.57 bits per heavy atom. The molecule has 0 spiro atoms. The van der Waals surface area contributed by atoms with Crippen LogP contribution in [0.3, 0.4) is 0 Å². The van der Waals surface area contributed by atoms with E-state index in [2.05, 4.69) is 5.32 Å². The number of halogens is 3. The topological polar surface area (TPSA) is 12.0 Å². The predicted octanol–water partition coefficient (Wildman–Crippen LogP) is 5.34. The van der Waals surface area contributed by atoms with Crippen molar-refractivity contribution in [3.8, 4) is 0 Å². The summed E-state index contributed by atoms with van der Waals surface area (Å²) in [7, 11) is 0. The lowest BCUT2D eigenvalue weighted by Crippen LogP contribution is -2.23. The van der Waals surface area contributed by atoms with Crippen molar-refractivity contribution in [1.82, 2.24) is 5.32 Å². The molecule has 0 bridgehead atoms. The summed E-state index contributed by atoms with van der Waals surface area (Å²) in [4.78, 5) is 0. The second kappa shape index (κ2) is 6.54. The first-order valence-corrected chi connectivity index (χ1v) is 7.24. The molecule has 112 valence electrons. The Balaban J connectivity index is 2.20. The Bertz CT molecular complexity index is 643. The van der Waals surface area contributed by atoms with Crippen LogP contribution < -0.4 is 5.32 Å². The molecule has 4 heteroatoms. The molecule has 0 radical (unpaired) electrons. The van der Waals surface area contributed by atoms with Crippen LogP contribution in [-0.2, 0) is 0 Å². The molecule has 0 saturated carbocycles. The third-order valence-corrected chi connectivity index (χ3v) is 3.96. The molecule has 0 aromatic heterocycles. The fourth-order valence-electron chi connectivity index (χ4n) is 2.37. The van der Waals surface area contributed by atoms with Crippen LogP contribution in [0.1, 0.15) is 42.6 Å². The monoisotopic (exact) mass is 309 g/mol. The molecule has 1 nitrogen and oxygen atoms in total. The molecule has 0 fully saturated rings. The highest BCUT2D eigenvalue weighted by molar-refractivity contribution is 6.31. The van der Waals surface area contributed by atoms with Gasteiger partial charge in [-0.05, 0) is 50.1 Å². The number of benzene rings is 2. The summed E-state index contributed by atoms with van der Waals surface area (Å²) in [5, 5.41) is 3.90. The van der Waals surface area contributed by atoms with E-state index < -0.39 is 11.6 Å². The van der Waals surface area contributed by atoms with E-state index in [0.29, 0.717) is 16.1 Å². The second-order valence-electron chi connectivity index (χ2n) is 5.25. The normalized spacial score (nSPS) is 14.0. The van der Waals surface area contributed by atoms with Crippen molar-refractivity contribution in [3.63, 3.8) is 0 Å². The Hall–Kier alpha value is -1.45. The molecule has 2 aromatic rings. The summed E-state index contributed by atoms with van der Waals surface area (Å²) < 4.78 is 27.6. The van der Waals surface area contributed by atoms with Gasteiger partial charge in [-0.15, -0.1) is 0 Å². The van der Waals surface area contributed by atoms with Crippen LogP contribution in [0.4, 0.5) is 8.78 Å². The molecule has 2 aromatic carbocycles. The molecule has 0 saturated heterocycles. The van der Waals surface area contributed by atoms with Gasteiger partial charge in [0, 0.05) is 22.7 Å². The van der Waals surface area contributed by atoms with Gasteiger partial charge in [0.25, 0.3) is 0 Å². The molecule has 2 rings (SSSR count). The molecule has 0 aliphatic rings. The van der Waals surface area contributed by atoms with Crippen molar-refractivity contribution in [3.05, 3.63) is 69.7 Å². The maximum Gasteiger partial charge on any atom is 0.128 e. The predicted molar refractivity (Wildman–Crippen MR) is 82.5 cm³/mol. The Morgan fingerprint density at radius 3 is 2.24 bits per heavy atom. The van der Waals surface area contributed by atoms with Crippen LogP contribution in [0.25, 0.3) is 0 Å². The van der Waals surface area contributed by atoms with Crippen LogP contribution in [0.2, 0.25) is 5.02 Å². The van der Waals surface area contributed by atoms with Gasteiger partial charge in [0.05, 0.1) is 0 Å². The van der Waals surface area contributed by atoms with E-state index in [-0.39, 0.29) is 12.1 Å². The van der Waals surface area contributed by atoms with Crippen LogP contribution in [-0.4, -0.2) is 0 Å². The van der Waals surface area contributed by atoms with Crippen LogP contribution in [0, 0.1) is 18.6 Å². The van der Waals surface area contributed by atoms with E-state index in [1.807, 2.05) is 31.2 Å². The molecule has 1 N–H and O–H groups in total. The minimum absolute atomic E-state index is 0.0718. The molecular weight excluding hydrogens is 292 g/mol. The largest absolute Gasteiger partial charge is 0.303 e. The third kappa shape index (κ3) is 3.60. The lowest BCUT2D eigenvalue weighted by Gasteiger charge is -2.22. The lowest BCUT2D eigenvalue weighted by atomic mass is 10.0. The summed E-state index contributed by atoms with van der Waals surface area (Å²) in [6.07, 6.45) is 0. The molecule has 0 aliphatic heterocycles. The SMILES string of the molecule is Cc1cc(F)c(C(C)NC(C)c2ccccc2Cl)cc1F. The summed E-state index contributed by atoms with van der Waals surface area (Å²) in [5.41, 5.74) is 1.55. The lowest BCUT2D eigenvalue weighted by molar-refractivity contribution is 0.469. The first-order chi connectivity index (χ1) is 9.90. The van der Waals surface area contributed by atoms with E-state index in [1.54, 1.807) is 13.8 Å². The molecule has 0 heterocycles. The van der Waals surface area contributed by atoms with Crippen molar-refractivity contribution >= 4 is 11.6 Å². The zero-order valence-corrected chi connectivity index (χ0v) is 13.0. The van der Waals surface area contributed by atoms with E-state index >= 15 is 0 Å². The number of rotatable bonds is 4. The van der Waals surface area contributed by atoms with Crippen molar-refractivity contribution in [2.45, 2.75) is 32.9 Å². The Morgan fingerprint density at radius 1 is 0.952 bits per heavy atom. The van der Waals surface area contributed by atoms with Crippen LogP contribution in [0.15, 0.2) is 36.4 Å². The number of aryl methyl sites for hydroxylation is 1. The molecule has 0 aliphatic carbocycles. The Labute approximate surface area is 128 Å². The first-order valence-electron chi connectivity index (χ1n) is 6.86. The van der Waals surface area contributed by atoms with E-state index in [1.165, 1.54) is 12.1 Å². The third-order valence-electron chi connectivity index (χ3n) is 3.62. The number of nitrogens with one attached hydrogen (secondary N) is 1. The highest BCUT2D eigenvalue weighted by Gasteiger charge is 2.17. The van der Waals surface area contributed by atoms with Gasteiger partial charge in [-0.3, -0.25) is 0 Å². The average Bonchev–Trinajstić information content (AvgIpc) is 2.43. The van der Waals surface area contributed by atoms with Gasteiger partial charge in [0.2, 0.25) is 0 Å². The molecular formula is C17H18ClF2N. The second-order valence-corrected chi connectivity index (χ2v) is 5.66. The van der Waals surface area contributed by atoms with Crippen LogP contribution in [0.5, 0.6) is 0 Å². The fraction of sp³-hybridized carbons (Fsp3) is 0.294. The Kier molecular flexibility index (Phi) is 4.96. The van der Waals surface area contributed by atoms with E-state index in [0.717, 1.165) is 5.56 Å². The maximum atomic E-state index is 14.0. The van der Waals surface area contributed by atoms with E-state index in [9.17, 15) is 8.78 Å². The van der Waals surface area contributed by atoms with Gasteiger partial charge in [-0.1, -0.05) is 29.8 Å². The van der Waals surface area contributed by atoms with Crippen molar-refractivity contribution in [1.29, 1.82) is 0 Å². The maximum absolute atomic E-state index is 14.0. The summed E-state index contributed by atoms with van der Waals surface area (Å²) in [6, 6.07) is 9.56. The average molecular weight is 310 g/mol. The molecule has 2 atom stereocenters. The van der Waals surface area contributed by atoms with Gasteiger partial charge in [-0.2, -0.15) is 0 Å². The van der Waals surface area contributed by atoms with Crippen LogP contribution >= 0.6 is 11.6 Å². The summed E-state index contributed by atoms with van der Waals surface area (Å²) >= 11 is 6.15. The van der Waals surface area contributed by atoms with Crippen molar-refractivity contribution in [2.75, 3.05) is 0 Å². The van der Waals surface area contributed by atoms with Crippen molar-refractivity contribution in [2.24, 2.45) is 0 Å². The van der Waals surface area contributed by atoms with Crippen molar-refractivity contribution < 1.29 is 8.78 Å². The van der Waals surface area contributed by atoms with Gasteiger partial charge in [-0.25, -0.2) is 8.78 Å². The number of hydrogen-bond donors (Lipinski definition) is 1. The summed E-state index contributed by atoms with van der Waals surface area (Å²) in [6.45, 7) is 5.30. The smallest absolute Gasteiger partial charge is 0.128 e. The number of hydrogen-bond acceptors (Lipinski definition) is 1.